The Morgan fingerprint density at radius 2 is 0.611 bits per heavy atom. The van der Waals surface area contributed by atoms with Crippen LogP contribution >= 0.6 is 0 Å². The molecule has 0 saturated carbocycles. The predicted molar refractivity (Wildman–Crippen MR) is 232 cm³/mol. The monoisotopic (exact) mass is 684 g/mol. The first-order chi connectivity index (χ1) is 26.8. The minimum atomic E-state index is 1.19. The quantitative estimate of drug-likeness (QED) is 0.153. The third kappa shape index (κ3) is 5.66. The molecule has 54 heavy (non-hydrogen) atoms. The fourth-order valence-electron chi connectivity index (χ4n) is 8.24. The molecule has 0 atom stereocenters. The van der Waals surface area contributed by atoms with Gasteiger partial charge in [0.25, 0.3) is 0 Å². The lowest BCUT2D eigenvalue weighted by atomic mass is 9.83. The van der Waals surface area contributed by atoms with Gasteiger partial charge in [0, 0.05) is 0 Å². The molecule has 0 aliphatic carbocycles. The Labute approximate surface area is 316 Å². The number of hydrogen-bond donors (Lipinski definition) is 0. The Morgan fingerprint density at radius 1 is 0.185 bits per heavy atom. The van der Waals surface area contributed by atoms with E-state index in [-0.39, 0.29) is 0 Å². The number of benzene rings is 10. The molecular formula is C54H36. The van der Waals surface area contributed by atoms with Crippen LogP contribution in [0.15, 0.2) is 218 Å². The summed E-state index contributed by atoms with van der Waals surface area (Å²) < 4.78 is 0. The van der Waals surface area contributed by atoms with Gasteiger partial charge in [-0.2, -0.15) is 0 Å². The van der Waals surface area contributed by atoms with Gasteiger partial charge in [0.1, 0.15) is 0 Å². The van der Waals surface area contributed by atoms with E-state index in [1.807, 2.05) is 0 Å². The highest BCUT2D eigenvalue weighted by molar-refractivity contribution is 6.22. The molecule has 10 rings (SSSR count). The molecule has 0 aromatic heterocycles. The number of rotatable bonds is 6. The normalized spacial score (nSPS) is 11.3. The van der Waals surface area contributed by atoms with Gasteiger partial charge >= 0.3 is 0 Å². The molecule has 0 aliphatic heterocycles. The minimum absolute atomic E-state index is 1.19. The van der Waals surface area contributed by atoms with Crippen molar-refractivity contribution in [1.29, 1.82) is 0 Å². The molecule has 0 heterocycles. The fourth-order valence-corrected chi connectivity index (χ4v) is 8.24. The average molecular weight is 685 g/mol. The van der Waals surface area contributed by atoms with Gasteiger partial charge in [-0.1, -0.05) is 200 Å². The van der Waals surface area contributed by atoms with Crippen molar-refractivity contribution >= 4 is 32.3 Å². The van der Waals surface area contributed by atoms with E-state index in [4.69, 9.17) is 0 Å². The van der Waals surface area contributed by atoms with Crippen LogP contribution in [-0.4, -0.2) is 0 Å². The SMILES string of the molecule is c1ccc(-c2ccc(-c3ccc(-c4cccc(-c5ccc6ccccc6c5)c4)cc3)cc2-c2c3ccccc3c(-c3ccccc3)c3ccccc23)cc1. The summed E-state index contributed by atoms with van der Waals surface area (Å²) in [7, 11) is 0. The van der Waals surface area contributed by atoms with Crippen molar-refractivity contribution in [3.8, 4) is 66.8 Å². The Bertz CT molecular complexity index is 2900. The second kappa shape index (κ2) is 13.5. The maximum atomic E-state index is 2.41. The molecule has 0 aliphatic rings. The van der Waals surface area contributed by atoms with Crippen LogP contribution in [0, 0.1) is 0 Å². The van der Waals surface area contributed by atoms with Gasteiger partial charge in [-0.05, 0) is 117 Å². The summed E-state index contributed by atoms with van der Waals surface area (Å²) in [6.45, 7) is 0. The van der Waals surface area contributed by atoms with E-state index in [1.54, 1.807) is 0 Å². The standard InChI is InChI=1S/C54H36/c1-3-15-40(16-4-1)47-33-32-46(39-28-26-38(27-29-39)43-20-13-21-44(34-43)45-31-30-37-14-7-8-19-42(37)35-45)36-52(47)54-50-24-11-9-22-48(50)53(41-17-5-2-6-18-41)49-23-10-12-25-51(49)54/h1-36H. The molecule has 0 fully saturated rings. The third-order valence-electron chi connectivity index (χ3n) is 10.9. The molecule has 10 aromatic rings. The maximum absolute atomic E-state index is 2.41. The summed E-state index contributed by atoms with van der Waals surface area (Å²) in [6, 6.07) is 79.7. The van der Waals surface area contributed by atoms with Crippen molar-refractivity contribution < 1.29 is 0 Å². The molecule has 0 N–H and O–H groups in total. The fraction of sp³-hybridized carbons (Fsp3) is 0. The van der Waals surface area contributed by atoms with Crippen LogP contribution in [0.3, 0.4) is 0 Å². The topological polar surface area (TPSA) is 0 Å². The molecular weight excluding hydrogens is 649 g/mol. The summed E-state index contributed by atoms with van der Waals surface area (Å²) in [5.41, 5.74) is 14.7. The highest BCUT2D eigenvalue weighted by atomic mass is 14.2. The van der Waals surface area contributed by atoms with E-state index in [2.05, 4.69) is 218 Å². The highest BCUT2D eigenvalue weighted by Crippen LogP contribution is 2.47. The molecule has 0 radical (unpaired) electrons. The summed E-state index contributed by atoms with van der Waals surface area (Å²) in [4.78, 5) is 0. The molecule has 10 aromatic carbocycles. The van der Waals surface area contributed by atoms with Crippen molar-refractivity contribution in [2.45, 2.75) is 0 Å². The van der Waals surface area contributed by atoms with Crippen LogP contribution in [-0.2, 0) is 0 Å². The van der Waals surface area contributed by atoms with E-state index in [0.717, 1.165) is 0 Å². The zero-order chi connectivity index (χ0) is 35.8. The van der Waals surface area contributed by atoms with Crippen molar-refractivity contribution in [3.05, 3.63) is 218 Å². The first-order valence-electron chi connectivity index (χ1n) is 18.7. The molecule has 0 nitrogen and oxygen atoms in total. The summed E-state index contributed by atoms with van der Waals surface area (Å²) >= 11 is 0. The first kappa shape index (κ1) is 31.7. The van der Waals surface area contributed by atoms with E-state index in [1.165, 1.54) is 99.1 Å². The number of hydrogen-bond acceptors (Lipinski definition) is 0. The summed E-state index contributed by atoms with van der Waals surface area (Å²) in [5, 5.41) is 7.56. The Kier molecular flexibility index (Phi) is 7.93. The molecule has 0 saturated heterocycles. The van der Waals surface area contributed by atoms with Crippen LogP contribution < -0.4 is 0 Å². The van der Waals surface area contributed by atoms with Gasteiger partial charge in [-0.25, -0.2) is 0 Å². The van der Waals surface area contributed by atoms with Gasteiger partial charge in [0.15, 0.2) is 0 Å². The Hall–Kier alpha value is -7.02. The second-order valence-corrected chi connectivity index (χ2v) is 14.1. The van der Waals surface area contributed by atoms with Crippen LogP contribution in [0.1, 0.15) is 0 Å². The van der Waals surface area contributed by atoms with E-state index < -0.39 is 0 Å². The molecule has 252 valence electrons. The van der Waals surface area contributed by atoms with Crippen LogP contribution in [0.25, 0.3) is 99.1 Å². The predicted octanol–water partition coefficient (Wildman–Crippen LogP) is 15.1. The zero-order valence-corrected chi connectivity index (χ0v) is 29.8. The van der Waals surface area contributed by atoms with Crippen LogP contribution in [0.5, 0.6) is 0 Å². The van der Waals surface area contributed by atoms with E-state index in [0.29, 0.717) is 0 Å². The minimum Gasteiger partial charge on any atom is -0.0622 e. The summed E-state index contributed by atoms with van der Waals surface area (Å²) in [5.74, 6) is 0. The average Bonchev–Trinajstić information content (AvgIpc) is 3.26. The van der Waals surface area contributed by atoms with Gasteiger partial charge in [0.2, 0.25) is 0 Å². The van der Waals surface area contributed by atoms with Crippen LogP contribution in [0.2, 0.25) is 0 Å². The molecule has 0 bridgehead atoms. The summed E-state index contributed by atoms with van der Waals surface area (Å²) in [6.07, 6.45) is 0. The van der Waals surface area contributed by atoms with E-state index in [9.17, 15) is 0 Å². The molecule has 0 heteroatoms. The Morgan fingerprint density at radius 3 is 1.24 bits per heavy atom. The van der Waals surface area contributed by atoms with E-state index >= 15 is 0 Å². The third-order valence-corrected chi connectivity index (χ3v) is 10.9. The van der Waals surface area contributed by atoms with Crippen molar-refractivity contribution in [3.63, 3.8) is 0 Å². The van der Waals surface area contributed by atoms with Gasteiger partial charge < -0.3 is 0 Å². The van der Waals surface area contributed by atoms with Crippen LogP contribution in [0.4, 0.5) is 0 Å². The molecule has 0 unspecified atom stereocenters. The zero-order valence-electron chi connectivity index (χ0n) is 29.8. The lowest BCUT2D eigenvalue weighted by Gasteiger charge is -2.20. The highest BCUT2D eigenvalue weighted by Gasteiger charge is 2.19. The molecule has 0 amide bonds. The lowest BCUT2D eigenvalue weighted by molar-refractivity contribution is 1.57. The van der Waals surface area contributed by atoms with Crippen molar-refractivity contribution in [1.82, 2.24) is 0 Å². The van der Waals surface area contributed by atoms with Crippen molar-refractivity contribution in [2.75, 3.05) is 0 Å². The second-order valence-electron chi connectivity index (χ2n) is 14.1. The largest absolute Gasteiger partial charge is 0.0622 e. The smallest absolute Gasteiger partial charge is 0.00199 e. The Balaban J connectivity index is 1.11. The van der Waals surface area contributed by atoms with Gasteiger partial charge in [-0.15, -0.1) is 0 Å². The maximum Gasteiger partial charge on any atom is -0.00199 e. The first-order valence-corrected chi connectivity index (χ1v) is 18.7. The molecule has 0 spiro atoms. The van der Waals surface area contributed by atoms with Crippen molar-refractivity contribution in [2.24, 2.45) is 0 Å². The van der Waals surface area contributed by atoms with Gasteiger partial charge in [-0.3, -0.25) is 0 Å². The lowest BCUT2D eigenvalue weighted by Crippen LogP contribution is -1.93. The van der Waals surface area contributed by atoms with Gasteiger partial charge in [0.05, 0.1) is 0 Å². The number of fused-ring (bicyclic) bond motifs is 3.